The molecule has 9 nitrogen and oxygen atoms in total. The number of carbonyl (C=O) groups is 1. The molecule has 0 radical (unpaired) electrons. The zero-order valence-electron chi connectivity index (χ0n) is 18.0. The number of fused-ring (bicyclic) bond motifs is 1. The molecule has 3 aliphatic rings. The number of anilines is 4. The van der Waals surface area contributed by atoms with Gasteiger partial charge in [-0.15, -0.1) is 0 Å². The summed E-state index contributed by atoms with van der Waals surface area (Å²) >= 11 is 0. The summed E-state index contributed by atoms with van der Waals surface area (Å²) in [7, 11) is -3.12. The number of amides is 1. The number of benzene rings is 1. The molecule has 32 heavy (non-hydrogen) atoms. The van der Waals surface area contributed by atoms with Crippen LogP contribution in [0.5, 0.6) is 0 Å². The van der Waals surface area contributed by atoms with E-state index >= 15 is 0 Å². The van der Waals surface area contributed by atoms with E-state index in [0.717, 1.165) is 35.6 Å². The molecule has 2 aliphatic heterocycles. The minimum absolute atomic E-state index is 0.165. The van der Waals surface area contributed by atoms with Crippen LogP contribution in [0, 0.1) is 6.92 Å². The maximum atomic E-state index is 12.5. The maximum Gasteiger partial charge on any atom is 0.411 e. The van der Waals surface area contributed by atoms with Gasteiger partial charge in [0, 0.05) is 39.3 Å². The summed E-state index contributed by atoms with van der Waals surface area (Å²) in [6.07, 6.45) is 2.45. The molecular formula is C22H27N5O4S. The van der Waals surface area contributed by atoms with Crippen molar-refractivity contribution in [2.24, 2.45) is 0 Å². The average Bonchev–Trinajstić information content (AvgIpc) is 3.65. The first kappa shape index (κ1) is 21.0. The number of hydrogen-bond donors (Lipinski definition) is 1. The molecule has 170 valence electrons. The number of para-hydroxylation sites is 2. The predicted octanol–water partition coefficient (Wildman–Crippen LogP) is 2.64. The van der Waals surface area contributed by atoms with Crippen molar-refractivity contribution in [2.75, 3.05) is 54.0 Å². The Hall–Kier alpha value is -2.85. The van der Waals surface area contributed by atoms with E-state index in [1.54, 1.807) is 4.31 Å². The number of rotatable bonds is 4. The molecule has 0 atom stereocenters. The van der Waals surface area contributed by atoms with Crippen LogP contribution in [-0.4, -0.2) is 73.4 Å². The van der Waals surface area contributed by atoms with Gasteiger partial charge < -0.3 is 14.9 Å². The van der Waals surface area contributed by atoms with Crippen molar-refractivity contribution >= 4 is 39.0 Å². The summed E-state index contributed by atoms with van der Waals surface area (Å²) in [5, 5.41) is 9.36. The highest BCUT2D eigenvalue weighted by Gasteiger charge is 2.41. The fourth-order valence-corrected chi connectivity index (χ4v) is 6.39. The molecule has 1 aromatic carbocycles. The Morgan fingerprint density at radius 3 is 2.34 bits per heavy atom. The smallest absolute Gasteiger partial charge is 0.411 e. The molecule has 3 heterocycles. The van der Waals surface area contributed by atoms with Crippen molar-refractivity contribution in [3.8, 4) is 0 Å². The second kappa shape index (κ2) is 7.93. The number of nitrogens with zero attached hydrogens (tertiary/aromatic N) is 5. The van der Waals surface area contributed by atoms with E-state index < -0.39 is 16.1 Å². The van der Waals surface area contributed by atoms with Crippen LogP contribution >= 0.6 is 0 Å². The highest BCUT2D eigenvalue weighted by molar-refractivity contribution is 7.90. The molecule has 10 heteroatoms. The molecule has 0 unspecified atom stereocenters. The van der Waals surface area contributed by atoms with Gasteiger partial charge in [-0.3, -0.25) is 4.90 Å². The first-order valence-electron chi connectivity index (χ1n) is 10.9. The Morgan fingerprint density at radius 1 is 1.03 bits per heavy atom. The van der Waals surface area contributed by atoms with Crippen LogP contribution in [0.15, 0.2) is 36.5 Å². The Balaban J connectivity index is 1.34. The van der Waals surface area contributed by atoms with E-state index in [4.69, 9.17) is 4.98 Å². The Morgan fingerprint density at radius 2 is 1.72 bits per heavy atom. The third-order valence-corrected chi connectivity index (χ3v) is 8.84. The SMILES string of the molecule is Cc1cc(N2CCN(S(=O)(=O)C3CC3)CC2)cnc1N1CCN(C(=O)O)c2ccccc21. The average molecular weight is 458 g/mol. The van der Waals surface area contributed by atoms with E-state index in [2.05, 4.69) is 15.9 Å². The molecule has 5 rings (SSSR count). The van der Waals surface area contributed by atoms with Gasteiger partial charge in [-0.1, -0.05) is 12.1 Å². The lowest BCUT2D eigenvalue weighted by atomic mass is 10.1. The molecule has 1 saturated heterocycles. The zero-order chi connectivity index (χ0) is 22.5. The topological polar surface area (TPSA) is 97.3 Å². The number of aromatic nitrogens is 1. The largest absolute Gasteiger partial charge is 0.465 e. The van der Waals surface area contributed by atoms with E-state index in [9.17, 15) is 18.3 Å². The molecule has 0 bridgehead atoms. The third kappa shape index (κ3) is 3.67. The lowest BCUT2D eigenvalue weighted by Gasteiger charge is -2.37. The molecule has 1 amide bonds. The lowest BCUT2D eigenvalue weighted by molar-refractivity contribution is 0.201. The number of pyridine rings is 1. The Labute approximate surface area is 187 Å². The van der Waals surface area contributed by atoms with Crippen molar-refractivity contribution in [1.82, 2.24) is 9.29 Å². The van der Waals surface area contributed by atoms with Gasteiger partial charge in [0.05, 0.1) is 28.5 Å². The first-order valence-corrected chi connectivity index (χ1v) is 12.4. The second-order valence-electron chi connectivity index (χ2n) is 8.54. The van der Waals surface area contributed by atoms with Crippen molar-refractivity contribution < 1.29 is 18.3 Å². The number of piperazine rings is 1. The van der Waals surface area contributed by atoms with Gasteiger partial charge >= 0.3 is 6.09 Å². The fraction of sp³-hybridized carbons (Fsp3) is 0.455. The van der Waals surface area contributed by atoms with Crippen molar-refractivity contribution in [3.63, 3.8) is 0 Å². The summed E-state index contributed by atoms with van der Waals surface area (Å²) < 4.78 is 26.6. The van der Waals surface area contributed by atoms with Gasteiger partial charge in [-0.25, -0.2) is 18.2 Å². The predicted molar refractivity (Wildman–Crippen MR) is 124 cm³/mol. The van der Waals surface area contributed by atoms with Crippen LogP contribution < -0.4 is 14.7 Å². The summed E-state index contributed by atoms with van der Waals surface area (Å²) in [5.74, 6) is 0.807. The molecule has 1 aliphatic carbocycles. The molecule has 1 aromatic heterocycles. The highest BCUT2D eigenvalue weighted by atomic mass is 32.2. The number of aryl methyl sites for hydroxylation is 1. The van der Waals surface area contributed by atoms with E-state index in [1.165, 1.54) is 4.90 Å². The third-order valence-electron chi connectivity index (χ3n) is 6.44. The zero-order valence-corrected chi connectivity index (χ0v) is 18.8. The number of hydrogen-bond acceptors (Lipinski definition) is 6. The summed E-state index contributed by atoms with van der Waals surface area (Å²) in [6.45, 7) is 5.19. The van der Waals surface area contributed by atoms with Gasteiger partial charge in [0.2, 0.25) is 10.0 Å². The van der Waals surface area contributed by atoms with Crippen LogP contribution in [-0.2, 0) is 10.0 Å². The maximum absolute atomic E-state index is 12.5. The monoisotopic (exact) mass is 457 g/mol. The van der Waals surface area contributed by atoms with Crippen LogP contribution in [0.3, 0.4) is 0 Å². The summed E-state index contributed by atoms with van der Waals surface area (Å²) in [5.41, 5.74) is 3.45. The molecular weight excluding hydrogens is 430 g/mol. The van der Waals surface area contributed by atoms with E-state index in [0.29, 0.717) is 45.0 Å². The van der Waals surface area contributed by atoms with Crippen LogP contribution in [0.2, 0.25) is 0 Å². The molecule has 1 saturated carbocycles. The van der Waals surface area contributed by atoms with Gasteiger partial charge in [0.1, 0.15) is 5.82 Å². The Bertz CT molecular complexity index is 1140. The summed E-state index contributed by atoms with van der Waals surface area (Å²) in [4.78, 5) is 22.0. The minimum atomic E-state index is -3.12. The quantitative estimate of drug-likeness (QED) is 0.754. The number of carboxylic acid groups (broad SMARTS) is 1. The van der Waals surface area contributed by atoms with Crippen molar-refractivity contribution in [3.05, 3.63) is 42.1 Å². The standard InChI is InChI=1S/C22H27N5O4S/c1-16-14-17(24-8-10-25(11-9-24)32(30,31)18-6-7-18)15-23-21(16)26-12-13-27(22(28)29)20-5-3-2-4-19(20)26/h2-5,14-15,18H,6-13H2,1H3,(H,28,29). The van der Waals surface area contributed by atoms with Gasteiger partial charge in [0.15, 0.2) is 0 Å². The van der Waals surface area contributed by atoms with Crippen LogP contribution in [0.4, 0.5) is 27.7 Å². The Kier molecular flexibility index (Phi) is 5.21. The second-order valence-corrected chi connectivity index (χ2v) is 10.8. The lowest BCUT2D eigenvalue weighted by Crippen LogP contribution is -2.49. The normalized spacial score (nSPS) is 19.7. The molecule has 2 fully saturated rings. The molecule has 2 aromatic rings. The van der Waals surface area contributed by atoms with Crippen LogP contribution in [0.1, 0.15) is 18.4 Å². The molecule has 1 N–H and O–H groups in total. The highest BCUT2D eigenvalue weighted by Crippen LogP contribution is 2.38. The van der Waals surface area contributed by atoms with Crippen molar-refractivity contribution in [1.29, 1.82) is 0 Å². The van der Waals surface area contributed by atoms with Gasteiger partial charge in [0.25, 0.3) is 0 Å². The number of sulfonamides is 1. The van der Waals surface area contributed by atoms with Crippen LogP contribution in [0.25, 0.3) is 0 Å². The first-order chi connectivity index (χ1) is 15.4. The molecule has 0 spiro atoms. The minimum Gasteiger partial charge on any atom is -0.465 e. The summed E-state index contributed by atoms with van der Waals surface area (Å²) in [6, 6.07) is 9.55. The van der Waals surface area contributed by atoms with E-state index in [1.807, 2.05) is 37.4 Å². The fourth-order valence-electron chi connectivity index (χ4n) is 4.57. The van der Waals surface area contributed by atoms with Gasteiger partial charge in [-0.2, -0.15) is 4.31 Å². The van der Waals surface area contributed by atoms with Crippen molar-refractivity contribution in [2.45, 2.75) is 25.0 Å². The van der Waals surface area contributed by atoms with Gasteiger partial charge in [-0.05, 0) is 43.5 Å². The van der Waals surface area contributed by atoms with E-state index in [-0.39, 0.29) is 5.25 Å².